The van der Waals surface area contributed by atoms with E-state index in [0.717, 1.165) is 44.8 Å². The number of furan rings is 1. The van der Waals surface area contributed by atoms with Crippen LogP contribution in [0.1, 0.15) is 24.6 Å². The lowest BCUT2D eigenvalue weighted by Crippen LogP contribution is -2.50. The Bertz CT molecular complexity index is 674. The molecule has 5 heteroatoms. The number of rotatable bonds is 6. The second-order valence-corrected chi connectivity index (χ2v) is 6.91. The molecule has 4 rings (SSSR count). The fourth-order valence-corrected chi connectivity index (χ4v) is 3.51. The summed E-state index contributed by atoms with van der Waals surface area (Å²) in [6, 6.07) is 14.6. The highest BCUT2D eigenvalue weighted by molar-refractivity contribution is 5.80. The molecule has 1 aliphatic heterocycles. The van der Waals surface area contributed by atoms with Gasteiger partial charge in [-0.15, -0.1) is 0 Å². The van der Waals surface area contributed by atoms with Gasteiger partial charge in [-0.3, -0.25) is 9.69 Å². The van der Waals surface area contributed by atoms with Gasteiger partial charge < -0.3 is 14.6 Å². The summed E-state index contributed by atoms with van der Waals surface area (Å²) in [7, 11) is 0. The lowest BCUT2D eigenvalue weighted by atomic mass is 10.1. The van der Waals surface area contributed by atoms with Crippen LogP contribution in [0.25, 0.3) is 0 Å². The molecule has 1 aliphatic carbocycles. The van der Waals surface area contributed by atoms with Crippen molar-refractivity contribution >= 4 is 11.6 Å². The number of anilines is 1. The van der Waals surface area contributed by atoms with Gasteiger partial charge in [0.1, 0.15) is 5.76 Å². The molecule has 132 valence electrons. The summed E-state index contributed by atoms with van der Waals surface area (Å²) in [4.78, 5) is 16.9. The van der Waals surface area contributed by atoms with Crippen LogP contribution in [0.15, 0.2) is 53.1 Å². The number of amides is 1. The predicted octanol–water partition coefficient (Wildman–Crippen LogP) is 2.67. The average molecular weight is 339 g/mol. The van der Waals surface area contributed by atoms with Gasteiger partial charge in [0.05, 0.1) is 12.3 Å². The summed E-state index contributed by atoms with van der Waals surface area (Å²) in [6.07, 6.45) is 3.78. The third-order valence-electron chi connectivity index (χ3n) is 5.17. The van der Waals surface area contributed by atoms with Gasteiger partial charge >= 0.3 is 0 Å². The zero-order valence-electron chi connectivity index (χ0n) is 14.4. The van der Waals surface area contributed by atoms with E-state index in [0.29, 0.717) is 6.54 Å². The molecule has 25 heavy (non-hydrogen) atoms. The average Bonchev–Trinajstić information content (AvgIpc) is 3.39. The molecule has 0 unspecified atom stereocenters. The van der Waals surface area contributed by atoms with E-state index in [2.05, 4.69) is 45.4 Å². The summed E-state index contributed by atoms with van der Waals surface area (Å²) in [5, 5.41) is 3.12. The molecule has 1 saturated heterocycles. The van der Waals surface area contributed by atoms with E-state index in [1.807, 2.05) is 12.1 Å². The Morgan fingerprint density at radius 2 is 1.84 bits per heavy atom. The lowest BCUT2D eigenvalue weighted by molar-refractivity contribution is -0.122. The molecule has 0 spiro atoms. The Morgan fingerprint density at radius 1 is 1.08 bits per heavy atom. The number of benzene rings is 1. The summed E-state index contributed by atoms with van der Waals surface area (Å²) in [5.74, 6) is 1.37. The first-order chi connectivity index (χ1) is 12.3. The summed E-state index contributed by atoms with van der Waals surface area (Å²) in [6.45, 7) is 4.50. The minimum absolute atomic E-state index is 0.107. The fourth-order valence-electron chi connectivity index (χ4n) is 3.51. The van der Waals surface area contributed by atoms with Crippen molar-refractivity contribution in [3.63, 3.8) is 0 Å². The van der Waals surface area contributed by atoms with Crippen LogP contribution in [-0.2, 0) is 4.79 Å². The molecule has 1 atom stereocenters. The second-order valence-electron chi connectivity index (χ2n) is 6.91. The van der Waals surface area contributed by atoms with Crippen molar-refractivity contribution < 1.29 is 9.21 Å². The number of hydrogen-bond acceptors (Lipinski definition) is 4. The van der Waals surface area contributed by atoms with Gasteiger partial charge in [-0.25, -0.2) is 0 Å². The van der Waals surface area contributed by atoms with Crippen LogP contribution < -0.4 is 10.2 Å². The molecule has 1 saturated carbocycles. The maximum atomic E-state index is 12.0. The molecule has 1 aromatic heterocycles. The van der Waals surface area contributed by atoms with E-state index in [4.69, 9.17) is 4.42 Å². The SMILES string of the molecule is O=C(NC[C@@H](c1ccco1)N1CCN(c2ccccc2)CC1)C1CC1. The van der Waals surface area contributed by atoms with Gasteiger partial charge in [0.2, 0.25) is 5.91 Å². The van der Waals surface area contributed by atoms with E-state index in [-0.39, 0.29) is 17.9 Å². The zero-order chi connectivity index (χ0) is 17.1. The number of piperazine rings is 1. The first-order valence-corrected chi connectivity index (χ1v) is 9.16. The van der Waals surface area contributed by atoms with Crippen molar-refractivity contribution in [1.29, 1.82) is 0 Å². The van der Waals surface area contributed by atoms with Crippen molar-refractivity contribution in [2.45, 2.75) is 18.9 Å². The molecule has 0 bridgehead atoms. The summed E-state index contributed by atoms with van der Waals surface area (Å²) in [5.41, 5.74) is 1.28. The Labute approximate surface area is 148 Å². The Balaban J connectivity index is 1.39. The standard InChI is InChI=1S/C20H25N3O2/c24-20(16-8-9-16)21-15-18(19-7-4-14-25-19)23-12-10-22(11-13-23)17-5-2-1-3-6-17/h1-7,14,16,18H,8-13,15H2,(H,21,24)/t18-/m0/s1. The van der Waals surface area contributed by atoms with E-state index < -0.39 is 0 Å². The first-order valence-electron chi connectivity index (χ1n) is 9.16. The summed E-state index contributed by atoms with van der Waals surface area (Å²) >= 11 is 0. The molecule has 2 aliphatic rings. The van der Waals surface area contributed by atoms with Gasteiger partial charge in [0.25, 0.3) is 0 Å². The van der Waals surface area contributed by atoms with Crippen LogP contribution in [0, 0.1) is 5.92 Å². The molecular formula is C20H25N3O2. The highest BCUT2D eigenvalue weighted by Crippen LogP contribution is 2.29. The quantitative estimate of drug-likeness (QED) is 0.879. The molecule has 5 nitrogen and oxygen atoms in total. The van der Waals surface area contributed by atoms with Crippen molar-refractivity contribution in [2.24, 2.45) is 5.92 Å². The van der Waals surface area contributed by atoms with Crippen molar-refractivity contribution in [1.82, 2.24) is 10.2 Å². The highest BCUT2D eigenvalue weighted by Gasteiger charge is 2.32. The zero-order valence-corrected chi connectivity index (χ0v) is 14.4. The van der Waals surface area contributed by atoms with Crippen molar-refractivity contribution in [3.8, 4) is 0 Å². The predicted molar refractivity (Wildman–Crippen MR) is 97.4 cm³/mol. The van der Waals surface area contributed by atoms with E-state index in [1.54, 1.807) is 6.26 Å². The molecule has 2 fully saturated rings. The van der Waals surface area contributed by atoms with Crippen LogP contribution in [0.2, 0.25) is 0 Å². The van der Waals surface area contributed by atoms with Crippen molar-refractivity contribution in [2.75, 3.05) is 37.6 Å². The number of carbonyl (C=O) groups excluding carboxylic acids is 1. The largest absolute Gasteiger partial charge is 0.468 e. The van der Waals surface area contributed by atoms with Gasteiger partial charge in [-0.2, -0.15) is 0 Å². The van der Waals surface area contributed by atoms with E-state index in [1.165, 1.54) is 5.69 Å². The second kappa shape index (κ2) is 7.31. The molecule has 1 N–H and O–H groups in total. The first kappa shape index (κ1) is 16.2. The maximum Gasteiger partial charge on any atom is 0.223 e. The molecule has 2 heterocycles. The van der Waals surface area contributed by atoms with Crippen molar-refractivity contribution in [3.05, 3.63) is 54.5 Å². The van der Waals surface area contributed by atoms with Crippen LogP contribution in [-0.4, -0.2) is 43.5 Å². The van der Waals surface area contributed by atoms with Gasteiger partial charge in [0.15, 0.2) is 0 Å². The van der Waals surface area contributed by atoms with E-state index >= 15 is 0 Å². The molecule has 1 amide bonds. The molecule has 1 aromatic carbocycles. The number of nitrogens with zero attached hydrogens (tertiary/aromatic N) is 2. The smallest absolute Gasteiger partial charge is 0.223 e. The Hall–Kier alpha value is -2.27. The Morgan fingerprint density at radius 3 is 2.48 bits per heavy atom. The topological polar surface area (TPSA) is 48.7 Å². The van der Waals surface area contributed by atoms with Crippen LogP contribution in [0.4, 0.5) is 5.69 Å². The Kier molecular flexibility index (Phi) is 4.74. The minimum Gasteiger partial charge on any atom is -0.468 e. The van der Waals surface area contributed by atoms with Crippen LogP contribution >= 0.6 is 0 Å². The van der Waals surface area contributed by atoms with Crippen LogP contribution in [0.5, 0.6) is 0 Å². The molecule has 2 aromatic rings. The molecular weight excluding hydrogens is 314 g/mol. The lowest BCUT2D eigenvalue weighted by Gasteiger charge is -2.39. The van der Waals surface area contributed by atoms with Gasteiger partial charge in [-0.1, -0.05) is 18.2 Å². The van der Waals surface area contributed by atoms with E-state index in [9.17, 15) is 4.79 Å². The summed E-state index contributed by atoms with van der Waals surface area (Å²) < 4.78 is 5.66. The number of hydrogen-bond donors (Lipinski definition) is 1. The molecule has 0 radical (unpaired) electrons. The maximum absolute atomic E-state index is 12.0. The van der Waals surface area contributed by atoms with Gasteiger partial charge in [0, 0.05) is 44.3 Å². The fraction of sp³-hybridized carbons (Fsp3) is 0.450. The number of para-hydroxylation sites is 1. The number of carbonyl (C=O) groups is 1. The minimum atomic E-state index is 0.107. The third-order valence-corrected chi connectivity index (χ3v) is 5.17. The highest BCUT2D eigenvalue weighted by atomic mass is 16.3. The number of nitrogens with one attached hydrogen (secondary N) is 1. The monoisotopic (exact) mass is 339 g/mol. The third kappa shape index (κ3) is 3.87. The van der Waals surface area contributed by atoms with Crippen LogP contribution in [0.3, 0.4) is 0 Å². The normalized spacial score (nSPS) is 19.6. The van der Waals surface area contributed by atoms with Gasteiger partial charge in [-0.05, 0) is 37.1 Å².